The lowest BCUT2D eigenvalue weighted by atomic mass is 9.96. The average Bonchev–Trinajstić information content (AvgIpc) is 3.08. The number of aliphatic carboxylic acids is 1. The number of nitrogens with zero attached hydrogens (tertiary/aromatic N) is 1. The van der Waals surface area contributed by atoms with Crippen LogP contribution in [-0.4, -0.2) is 48.3 Å². The molecule has 27 heavy (non-hydrogen) atoms. The minimum atomic E-state index is -4.66. The second-order valence-corrected chi connectivity index (χ2v) is 6.57. The molecule has 8 heteroatoms. The number of carboxylic acids is 1. The molecule has 1 aliphatic heterocycles. The minimum absolute atomic E-state index is 0.110. The van der Waals surface area contributed by atoms with Crippen molar-refractivity contribution in [1.29, 1.82) is 0 Å². The maximum Gasteiger partial charge on any atom is 0.394 e. The normalized spacial score (nSPS) is 20.1. The van der Waals surface area contributed by atoms with Crippen LogP contribution in [0.1, 0.15) is 5.56 Å². The maximum atomic E-state index is 13.1. The van der Waals surface area contributed by atoms with E-state index in [0.29, 0.717) is 11.3 Å². The second-order valence-electron chi connectivity index (χ2n) is 6.57. The summed E-state index contributed by atoms with van der Waals surface area (Å²) in [4.78, 5) is 24.8. The number of ether oxygens (including phenoxy) is 1. The number of carboxylic acid groups (broad SMARTS) is 1. The average molecular weight is 381 g/mol. The number of benzene rings is 2. The Balaban J connectivity index is 1.84. The van der Waals surface area contributed by atoms with Crippen LogP contribution in [0.15, 0.2) is 36.4 Å². The highest BCUT2D eigenvalue weighted by molar-refractivity contribution is 5.91. The molecule has 1 saturated heterocycles. The lowest BCUT2D eigenvalue weighted by Gasteiger charge is -2.18. The Labute approximate surface area is 153 Å². The zero-order chi connectivity index (χ0) is 19.8. The summed E-state index contributed by atoms with van der Waals surface area (Å²) in [7, 11) is 1.52. The smallest absolute Gasteiger partial charge is 0.394 e. The molecule has 0 unspecified atom stereocenters. The van der Waals surface area contributed by atoms with E-state index in [1.54, 1.807) is 24.3 Å². The molecule has 0 bridgehead atoms. The van der Waals surface area contributed by atoms with E-state index in [1.807, 2.05) is 12.1 Å². The van der Waals surface area contributed by atoms with Crippen molar-refractivity contribution >= 4 is 22.6 Å². The van der Waals surface area contributed by atoms with Gasteiger partial charge in [0.05, 0.1) is 25.4 Å². The van der Waals surface area contributed by atoms with E-state index < -0.39 is 43.0 Å². The van der Waals surface area contributed by atoms with Gasteiger partial charge in [0.25, 0.3) is 0 Å². The number of amides is 1. The van der Waals surface area contributed by atoms with Crippen LogP contribution in [0, 0.1) is 11.8 Å². The largest absolute Gasteiger partial charge is 0.497 e. The fourth-order valence-corrected chi connectivity index (χ4v) is 3.46. The van der Waals surface area contributed by atoms with Crippen molar-refractivity contribution in [2.75, 3.05) is 20.2 Å². The zero-order valence-corrected chi connectivity index (χ0v) is 14.5. The number of fused-ring (bicyclic) bond motifs is 1. The lowest BCUT2D eigenvalue weighted by molar-refractivity contribution is -0.188. The number of carbonyl (C=O) groups is 2. The van der Waals surface area contributed by atoms with Gasteiger partial charge in [0, 0.05) is 13.1 Å². The summed E-state index contributed by atoms with van der Waals surface area (Å²) in [5.74, 6) is -5.15. The van der Waals surface area contributed by atoms with E-state index >= 15 is 0 Å². The molecular formula is C19H18F3NO4. The Bertz CT molecular complexity index is 881. The van der Waals surface area contributed by atoms with Crippen LogP contribution in [-0.2, 0) is 16.0 Å². The van der Waals surface area contributed by atoms with Gasteiger partial charge in [-0.25, -0.2) is 0 Å². The fraction of sp³-hybridized carbons (Fsp3) is 0.368. The molecule has 5 nitrogen and oxygen atoms in total. The van der Waals surface area contributed by atoms with Gasteiger partial charge < -0.3 is 14.7 Å². The minimum Gasteiger partial charge on any atom is -0.497 e. The number of hydrogen-bond acceptors (Lipinski definition) is 3. The molecule has 1 heterocycles. The second kappa shape index (κ2) is 7.09. The Hall–Kier alpha value is -2.77. The van der Waals surface area contributed by atoms with Gasteiger partial charge >= 0.3 is 12.1 Å². The fourth-order valence-electron chi connectivity index (χ4n) is 3.46. The molecular weight excluding hydrogens is 363 g/mol. The first-order chi connectivity index (χ1) is 12.7. The van der Waals surface area contributed by atoms with E-state index in [4.69, 9.17) is 9.84 Å². The van der Waals surface area contributed by atoms with Crippen molar-refractivity contribution < 1.29 is 32.6 Å². The van der Waals surface area contributed by atoms with Crippen molar-refractivity contribution in [3.05, 3.63) is 42.0 Å². The Kier molecular flexibility index (Phi) is 4.99. The van der Waals surface area contributed by atoms with E-state index in [9.17, 15) is 22.8 Å². The summed E-state index contributed by atoms with van der Waals surface area (Å²) < 4.78 is 44.5. The van der Waals surface area contributed by atoms with Gasteiger partial charge in [0.2, 0.25) is 5.91 Å². The predicted octanol–water partition coefficient (Wildman–Crippen LogP) is 3.11. The van der Waals surface area contributed by atoms with Gasteiger partial charge in [0.1, 0.15) is 5.75 Å². The number of rotatable bonds is 4. The first-order valence-electron chi connectivity index (χ1n) is 8.33. The monoisotopic (exact) mass is 381 g/mol. The topological polar surface area (TPSA) is 66.8 Å². The molecule has 3 rings (SSSR count). The Morgan fingerprint density at radius 2 is 1.96 bits per heavy atom. The number of carbonyl (C=O) groups excluding carboxylic acids is 1. The molecule has 0 spiro atoms. The van der Waals surface area contributed by atoms with Crippen LogP contribution in [0.5, 0.6) is 5.75 Å². The third-order valence-electron chi connectivity index (χ3n) is 4.93. The zero-order valence-electron chi connectivity index (χ0n) is 14.5. The highest BCUT2D eigenvalue weighted by atomic mass is 19.4. The van der Waals surface area contributed by atoms with Crippen LogP contribution in [0.25, 0.3) is 10.8 Å². The molecule has 0 aromatic heterocycles. The molecule has 1 amide bonds. The van der Waals surface area contributed by atoms with Crippen molar-refractivity contribution in [3.63, 3.8) is 0 Å². The van der Waals surface area contributed by atoms with Crippen LogP contribution in [0.2, 0.25) is 0 Å². The summed E-state index contributed by atoms with van der Waals surface area (Å²) in [6, 6.07) is 10.7. The molecule has 2 aromatic carbocycles. The molecule has 1 N–H and O–H groups in total. The molecule has 0 aliphatic carbocycles. The van der Waals surface area contributed by atoms with Crippen LogP contribution in [0.4, 0.5) is 13.2 Å². The van der Waals surface area contributed by atoms with Crippen LogP contribution >= 0.6 is 0 Å². The highest BCUT2D eigenvalue weighted by Gasteiger charge is 2.53. The standard InChI is InChI=1S/C19H18F3NO4/c1-27-13-6-5-11-3-2-4-12(14(11)8-13)7-17(24)23-9-15(18(25)26)16(10-23)19(20,21)22/h2-6,8,15-16H,7,9-10H2,1H3,(H,25,26)/t15-,16-/m1/s1. The molecule has 2 aromatic rings. The summed E-state index contributed by atoms with van der Waals surface area (Å²) in [6.45, 7) is -1.07. The summed E-state index contributed by atoms with van der Waals surface area (Å²) in [5.41, 5.74) is 0.652. The summed E-state index contributed by atoms with van der Waals surface area (Å²) in [6.07, 6.45) is -4.77. The van der Waals surface area contributed by atoms with E-state index in [2.05, 4.69) is 0 Å². The van der Waals surface area contributed by atoms with Crippen LogP contribution < -0.4 is 4.74 Å². The maximum absolute atomic E-state index is 13.1. The van der Waals surface area contributed by atoms with Gasteiger partial charge in [-0.15, -0.1) is 0 Å². The van der Waals surface area contributed by atoms with Crippen molar-refractivity contribution in [3.8, 4) is 5.75 Å². The number of likely N-dealkylation sites (tertiary alicyclic amines) is 1. The number of hydrogen-bond donors (Lipinski definition) is 1. The molecule has 1 aliphatic rings. The number of halogens is 3. The summed E-state index contributed by atoms with van der Waals surface area (Å²) >= 11 is 0. The molecule has 1 fully saturated rings. The van der Waals surface area contributed by atoms with Gasteiger partial charge in [0.15, 0.2) is 0 Å². The third kappa shape index (κ3) is 3.84. The molecule has 0 saturated carbocycles. The summed E-state index contributed by atoms with van der Waals surface area (Å²) in [5, 5.41) is 10.7. The van der Waals surface area contributed by atoms with Crippen LogP contribution in [0.3, 0.4) is 0 Å². The van der Waals surface area contributed by atoms with E-state index in [-0.39, 0.29) is 6.42 Å². The van der Waals surface area contributed by atoms with Crippen molar-refractivity contribution in [2.24, 2.45) is 11.8 Å². The third-order valence-corrected chi connectivity index (χ3v) is 4.93. The quantitative estimate of drug-likeness (QED) is 0.884. The molecule has 144 valence electrons. The Morgan fingerprint density at radius 3 is 2.56 bits per heavy atom. The molecule has 0 radical (unpaired) electrons. The Morgan fingerprint density at radius 1 is 1.22 bits per heavy atom. The van der Waals surface area contributed by atoms with Gasteiger partial charge in [-0.05, 0) is 28.5 Å². The molecule has 2 atom stereocenters. The van der Waals surface area contributed by atoms with Crippen molar-refractivity contribution in [2.45, 2.75) is 12.6 Å². The number of methoxy groups -OCH3 is 1. The first-order valence-corrected chi connectivity index (χ1v) is 8.33. The number of alkyl halides is 3. The van der Waals surface area contributed by atoms with Crippen molar-refractivity contribution in [1.82, 2.24) is 4.90 Å². The SMILES string of the molecule is COc1ccc2cccc(CC(=O)N3C[C@@H](C(F)(F)F)[C@H](C(=O)O)C3)c2c1. The van der Waals surface area contributed by atoms with Gasteiger partial charge in [-0.3, -0.25) is 9.59 Å². The lowest BCUT2D eigenvalue weighted by Crippen LogP contribution is -2.34. The van der Waals surface area contributed by atoms with E-state index in [0.717, 1.165) is 15.7 Å². The van der Waals surface area contributed by atoms with E-state index in [1.165, 1.54) is 7.11 Å². The first kappa shape index (κ1) is 19.0. The predicted molar refractivity (Wildman–Crippen MR) is 91.5 cm³/mol. The van der Waals surface area contributed by atoms with Gasteiger partial charge in [-0.2, -0.15) is 13.2 Å². The van der Waals surface area contributed by atoms with Gasteiger partial charge in [-0.1, -0.05) is 24.3 Å². The highest BCUT2D eigenvalue weighted by Crippen LogP contribution is 2.38.